The molecule has 0 unspecified atom stereocenters. The van der Waals surface area contributed by atoms with E-state index in [1.807, 2.05) is 4.57 Å². The summed E-state index contributed by atoms with van der Waals surface area (Å²) < 4.78 is 37.3. The van der Waals surface area contributed by atoms with E-state index in [4.69, 9.17) is 18.9 Å². The van der Waals surface area contributed by atoms with Crippen LogP contribution in [0.1, 0.15) is 33.6 Å². The van der Waals surface area contributed by atoms with Crippen LogP contribution in [0.25, 0.3) is 11.3 Å². The topological polar surface area (TPSA) is 76.0 Å². The van der Waals surface area contributed by atoms with Crippen LogP contribution in [0.4, 0.5) is 4.39 Å². The standard InChI is InChI=1S/C21H24FNO6/c1-11-14(6-7-16(24)27-3)23-9-8-12-13(19(23)17(11)21(25)29-5)10-15(26-2)20(28-4)18(12)22/h10H,6-9H2,1-5H3. The summed E-state index contributed by atoms with van der Waals surface area (Å²) in [4.78, 5) is 24.3. The highest BCUT2D eigenvalue weighted by atomic mass is 19.1. The maximum Gasteiger partial charge on any atom is 0.340 e. The number of carbonyl (C=O) groups excluding carboxylic acids is 2. The van der Waals surface area contributed by atoms with Gasteiger partial charge in [-0.2, -0.15) is 0 Å². The Kier molecular flexibility index (Phi) is 5.81. The van der Waals surface area contributed by atoms with E-state index in [1.165, 1.54) is 28.4 Å². The quantitative estimate of drug-likeness (QED) is 0.688. The molecule has 0 fully saturated rings. The Labute approximate surface area is 168 Å². The zero-order valence-corrected chi connectivity index (χ0v) is 17.2. The number of benzene rings is 1. The highest BCUT2D eigenvalue weighted by molar-refractivity contribution is 5.99. The SMILES string of the molecule is COC(=O)CCc1c(C)c(C(=O)OC)c2n1CCc1c-2cc(OC)c(OC)c1F. The summed E-state index contributed by atoms with van der Waals surface area (Å²) in [6.45, 7) is 2.27. The van der Waals surface area contributed by atoms with E-state index >= 15 is 4.39 Å². The maximum absolute atomic E-state index is 15.1. The second kappa shape index (κ2) is 8.14. The minimum atomic E-state index is -0.515. The normalized spacial score (nSPS) is 12.1. The third-order valence-electron chi connectivity index (χ3n) is 5.38. The molecule has 0 N–H and O–H groups in total. The number of carbonyl (C=O) groups is 2. The average molecular weight is 405 g/mol. The molecular formula is C21H24FNO6. The van der Waals surface area contributed by atoms with Crippen molar-refractivity contribution in [2.45, 2.75) is 32.7 Å². The molecule has 8 heteroatoms. The Balaban J connectivity index is 2.27. The molecule has 0 atom stereocenters. The molecular weight excluding hydrogens is 381 g/mol. The van der Waals surface area contributed by atoms with E-state index in [0.717, 1.165) is 5.69 Å². The third-order valence-corrected chi connectivity index (χ3v) is 5.38. The summed E-state index contributed by atoms with van der Waals surface area (Å²) in [5.74, 6) is -1.08. The first kappa shape index (κ1) is 20.7. The van der Waals surface area contributed by atoms with Crippen LogP contribution in [-0.2, 0) is 33.7 Å². The molecule has 0 bridgehead atoms. The van der Waals surface area contributed by atoms with Gasteiger partial charge in [0.05, 0.1) is 46.1 Å². The van der Waals surface area contributed by atoms with Crippen LogP contribution in [0.15, 0.2) is 6.07 Å². The predicted octanol–water partition coefficient (Wildman–Crippen LogP) is 3.07. The van der Waals surface area contributed by atoms with Gasteiger partial charge in [-0.3, -0.25) is 4.79 Å². The van der Waals surface area contributed by atoms with Crippen LogP contribution in [0.3, 0.4) is 0 Å². The monoisotopic (exact) mass is 405 g/mol. The third kappa shape index (κ3) is 3.32. The molecule has 0 saturated heterocycles. The molecule has 0 aliphatic carbocycles. The van der Waals surface area contributed by atoms with Crippen molar-refractivity contribution >= 4 is 11.9 Å². The highest BCUT2D eigenvalue weighted by Gasteiger charge is 2.33. The van der Waals surface area contributed by atoms with Crippen LogP contribution in [0, 0.1) is 12.7 Å². The van der Waals surface area contributed by atoms with Gasteiger partial charge in [-0.25, -0.2) is 9.18 Å². The Morgan fingerprint density at radius 3 is 2.45 bits per heavy atom. The minimum absolute atomic E-state index is 0.0357. The molecule has 2 aromatic rings. The molecule has 3 rings (SSSR count). The van der Waals surface area contributed by atoms with Gasteiger partial charge < -0.3 is 23.5 Å². The van der Waals surface area contributed by atoms with Gasteiger partial charge >= 0.3 is 11.9 Å². The molecule has 1 aliphatic rings. The summed E-state index contributed by atoms with van der Waals surface area (Å²) in [5, 5.41) is 0. The number of halogens is 1. The van der Waals surface area contributed by atoms with Crippen LogP contribution < -0.4 is 9.47 Å². The highest BCUT2D eigenvalue weighted by Crippen LogP contribution is 2.44. The second-order valence-electron chi connectivity index (χ2n) is 6.72. The summed E-state index contributed by atoms with van der Waals surface area (Å²) in [5.41, 5.74) is 3.47. The Morgan fingerprint density at radius 2 is 1.86 bits per heavy atom. The van der Waals surface area contributed by atoms with E-state index < -0.39 is 11.8 Å². The maximum atomic E-state index is 15.1. The molecule has 156 valence electrons. The molecule has 1 aromatic carbocycles. The smallest absolute Gasteiger partial charge is 0.340 e. The largest absolute Gasteiger partial charge is 0.493 e. The fourth-order valence-corrected chi connectivity index (χ4v) is 3.99. The van der Waals surface area contributed by atoms with Gasteiger partial charge in [-0.15, -0.1) is 0 Å². The summed E-state index contributed by atoms with van der Waals surface area (Å²) in [6.07, 6.45) is 0.983. The first-order chi connectivity index (χ1) is 13.9. The van der Waals surface area contributed by atoms with Crippen molar-refractivity contribution in [2.24, 2.45) is 0 Å². The predicted molar refractivity (Wildman–Crippen MR) is 103 cm³/mol. The number of fused-ring (bicyclic) bond motifs is 3. The van der Waals surface area contributed by atoms with Crippen LogP contribution in [-0.4, -0.2) is 44.9 Å². The van der Waals surface area contributed by atoms with E-state index in [9.17, 15) is 9.59 Å². The van der Waals surface area contributed by atoms with Gasteiger partial charge in [0.15, 0.2) is 17.3 Å². The van der Waals surface area contributed by atoms with Crippen LogP contribution in [0.5, 0.6) is 11.5 Å². The first-order valence-electron chi connectivity index (χ1n) is 9.20. The van der Waals surface area contributed by atoms with Crippen molar-refractivity contribution in [1.82, 2.24) is 4.57 Å². The lowest BCUT2D eigenvalue weighted by molar-refractivity contribution is -0.140. The molecule has 0 amide bonds. The zero-order chi connectivity index (χ0) is 21.3. The molecule has 1 aliphatic heterocycles. The van der Waals surface area contributed by atoms with Gasteiger partial charge in [-0.1, -0.05) is 0 Å². The lowest BCUT2D eigenvalue weighted by atomic mass is 9.94. The number of aromatic nitrogens is 1. The molecule has 0 spiro atoms. The number of esters is 2. The molecule has 29 heavy (non-hydrogen) atoms. The zero-order valence-electron chi connectivity index (χ0n) is 17.2. The van der Waals surface area contributed by atoms with Crippen LogP contribution in [0.2, 0.25) is 0 Å². The van der Waals surface area contributed by atoms with Crippen molar-refractivity contribution in [3.63, 3.8) is 0 Å². The lowest BCUT2D eigenvalue weighted by Gasteiger charge is -2.24. The number of nitrogens with zero attached hydrogens (tertiary/aromatic N) is 1. The summed E-state index contributed by atoms with van der Waals surface area (Å²) in [6, 6.07) is 1.68. The van der Waals surface area contributed by atoms with Gasteiger partial charge in [0, 0.05) is 23.4 Å². The summed E-state index contributed by atoms with van der Waals surface area (Å²) >= 11 is 0. The number of hydrogen-bond acceptors (Lipinski definition) is 6. The van der Waals surface area contributed by atoms with E-state index in [2.05, 4.69) is 0 Å². The fourth-order valence-electron chi connectivity index (χ4n) is 3.99. The van der Waals surface area contributed by atoms with E-state index in [0.29, 0.717) is 47.3 Å². The van der Waals surface area contributed by atoms with E-state index in [-0.39, 0.29) is 23.9 Å². The van der Waals surface area contributed by atoms with Crippen LogP contribution >= 0.6 is 0 Å². The van der Waals surface area contributed by atoms with Crippen molar-refractivity contribution in [2.75, 3.05) is 28.4 Å². The molecule has 1 aromatic heterocycles. The van der Waals surface area contributed by atoms with Crippen molar-refractivity contribution in [1.29, 1.82) is 0 Å². The summed E-state index contributed by atoms with van der Waals surface area (Å²) in [7, 11) is 5.45. The van der Waals surface area contributed by atoms with Crippen molar-refractivity contribution in [3.8, 4) is 22.8 Å². The molecule has 2 heterocycles. The number of rotatable bonds is 6. The van der Waals surface area contributed by atoms with Gasteiger partial charge in [0.1, 0.15) is 0 Å². The number of ether oxygens (including phenoxy) is 4. The molecule has 0 saturated carbocycles. The first-order valence-corrected chi connectivity index (χ1v) is 9.20. The minimum Gasteiger partial charge on any atom is -0.493 e. The second-order valence-corrected chi connectivity index (χ2v) is 6.72. The van der Waals surface area contributed by atoms with Crippen molar-refractivity contribution in [3.05, 3.63) is 34.3 Å². The van der Waals surface area contributed by atoms with Gasteiger partial charge in [0.25, 0.3) is 0 Å². The number of methoxy groups -OCH3 is 4. The molecule has 7 nitrogen and oxygen atoms in total. The Morgan fingerprint density at radius 1 is 1.14 bits per heavy atom. The van der Waals surface area contributed by atoms with Gasteiger partial charge in [-0.05, 0) is 31.4 Å². The molecule has 0 radical (unpaired) electrons. The van der Waals surface area contributed by atoms with Crippen molar-refractivity contribution < 1.29 is 32.9 Å². The Bertz CT molecular complexity index is 979. The fraction of sp³-hybridized carbons (Fsp3) is 0.429. The van der Waals surface area contributed by atoms with Gasteiger partial charge in [0.2, 0.25) is 0 Å². The lowest BCUT2D eigenvalue weighted by Crippen LogP contribution is -2.17. The number of hydrogen-bond donors (Lipinski definition) is 0. The average Bonchev–Trinajstić information content (AvgIpc) is 3.02. The van der Waals surface area contributed by atoms with E-state index in [1.54, 1.807) is 13.0 Å². The Hall–Kier alpha value is -3.03.